The van der Waals surface area contributed by atoms with E-state index in [0.717, 1.165) is 10.9 Å². The van der Waals surface area contributed by atoms with E-state index in [0.29, 0.717) is 34.1 Å². The lowest BCUT2D eigenvalue weighted by atomic mass is 9.98. The van der Waals surface area contributed by atoms with Crippen molar-refractivity contribution in [1.82, 2.24) is 4.57 Å². The molecule has 0 atom stereocenters. The molecule has 0 aliphatic heterocycles. The standard InChI is InChI=1S/C17H17Cl2NO3/c1-17(2,3)16(22)23-8-20-14-11(6-9(18)7-12(14)19)10-4-5-13(21)15(10)20/h6-7H,4-5,8H2,1-3H3. The summed E-state index contributed by atoms with van der Waals surface area (Å²) in [5.74, 6) is -0.293. The van der Waals surface area contributed by atoms with Gasteiger partial charge in [-0.05, 0) is 44.9 Å². The first-order valence-electron chi connectivity index (χ1n) is 7.40. The number of fused-ring (bicyclic) bond motifs is 3. The predicted octanol–water partition coefficient (Wildman–Crippen LogP) is 4.62. The number of nitrogens with zero attached hydrogens (tertiary/aromatic N) is 1. The summed E-state index contributed by atoms with van der Waals surface area (Å²) in [7, 11) is 0. The van der Waals surface area contributed by atoms with Crippen molar-refractivity contribution >= 4 is 45.9 Å². The van der Waals surface area contributed by atoms with Crippen LogP contribution < -0.4 is 0 Å². The number of hydrogen-bond donors (Lipinski definition) is 0. The molecular weight excluding hydrogens is 337 g/mol. The first-order valence-corrected chi connectivity index (χ1v) is 8.16. The van der Waals surface area contributed by atoms with Gasteiger partial charge in [0.1, 0.15) is 0 Å². The molecule has 0 unspecified atom stereocenters. The van der Waals surface area contributed by atoms with Crippen molar-refractivity contribution in [2.45, 2.75) is 40.3 Å². The maximum atomic E-state index is 12.3. The van der Waals surface area contributed by atoms with Crippen LogP contribution in [0.5, 0.6) is 0 Å². The lowest BCUT2D eigenvalue weighted by Gasteiger charge is -2.18. The zero-order chi connectivity index (χ0) is 16.9. The molecule has 1 heterocycles. The van der Waals surface area contributed by atoms with Gasteiger partial charge >= 0.3 is 5.97 Å². The van der Waals surface area contributed by atoms with Crippen molar-refractivity contribution in [2.75, 3.05) is 0 Å². The SMILES string of the molecule is CC(C)(C)C(=O)OCn1c2c(c3cc(Cl)cc(Cl)c31)CCC2=O. The van der Waals surface area contributed by atoms with Gasteiger partial charge in [0.15, 0.2) is 12.5 Å². The number of rotatable bonds is 2. The van der Waals surface area contributed by atoms with Gasteiger partial charge < -0.3 is 9.30 Å². The van der Waals surface area contributed by atoms with Gasteiger partial charge in [-0.15, -0.1) is 0 Å². The van der Waals surface area contributed by atoms with E-state index >= 15 is 0 Å². The molecule has 3 rings (SSSR count). The van der Waals surface area contributed by atoms with Gasteiger partial charge in [-0.1, -0.05) is 23.2 Å². The molecule has 1 aromatic heterocycles. The predicted molar refractivity (Wildman–Crippen MR) is 90.2 cm³/mol. The Morgan fingerprint density at radius 1 is 1.26 bits per heavy atom. The van der Waals surface area contributed by atoms with Crippen molar-refractivity contribution < 1.29 is 14.3 Å². The molecule has 6 heteroatoms. The Labute approximate surface area is 144 Å². The smallest absolute Gasteiger partial charge is 0.312 e. The van der Waals surface area contributed by atoms with Crippen LogP contribution in [0.25, 0.3) is 10.9 Å². The third-order valence-corrected chi connectivity index (χ3v) is 4.49. The molecule has 0 fully saturated rings. The van der Waals surface area contributed by atoms with Crippen LogP contribution in [0.1, 0.15) is 43.2 Å². The van der Waals surface area contributed by atoms with E-state index < -0.39 is 5.41 Å². The third-order valence-electron chi connectivity index (χ3n) is 3.98. The van der Waals surface area contributed by atoms with Crippen LogP contribution in [-0.2, 0) is 22.7 Å². The fourth-order valence-corrected chi connectivity index (χ4v) is 3.47. The zero-order valence-corrected chi connectivity index (χ0v) is 14.7. The highest BCUT2D eigenvalue weighted by molar-refractivity contribution is 6.38. The van der Waals surface area contributed by atoms with E-state index in [1.165, 1.54) is 0 Å². The minimum atomic E-state index is -0.608. The van der Waals surface area contributed by atoms with Crippen LogP contribution in [0.4, 0.5) is 0 Å². The topological polar surface area (TPSA) is 48.3 Å². The summed E-state index contributed by atoms with van der Waals surface area (Å²) in [6.07, 6.45) is 1.11. The van der Waals surface area contributed by atoms with Crippen LogP contribution in [0, 0.1) is 5.41 Å². The van der Waals surface area contributed by atoms with Gasteiger partial charge in [0, 0.05) is 16.8 Å². The number of carbonyl (C=O) groups excluding carboxylic acids is 2. The second kappa shape index (κ2) is 5.53. The zero-order valence-electron chi connectivity index (χ0n) is 13.2. The van der Waals surface area contributed by atoms with Gasteiger partial charge in [0.25, 0.3) is 0 Å². The van der Waals surface area contributed by atoms with E-state index in [4.69, 9.17) is 27.9 Å². The minimum Gasteiger partial charge on any atom is -0.443 e. The largest absolute Gasteiger partial charge is 0.443 e. The molecule has 0 radical (unpaired) electrons. The molecule has 0 saturated carbocycles. The maximum absolute atomic E-state index is 12.3. The third kappa shape index (κ3) is 2.74. The number of carbonyl (C=O) groups is 2. The van der Waals surface area contributed by atoms with Gasteiger partial charge in [-0.3, -0.25) is 9.59 Å². The molecule has 4 nitrogen and oxygen atoms in total. The summed E-state index contributed by atoms with van der Waals surface area (Å²) in [4.78, 5) is 24.3. The minimum absolute atomic E-state index is 0.0327. The van der Waals surface area contributed by atoms with Crippen molar-refractivity contribution in [2.24, 2.45) is 5.41 Å². The summed E-state index contributed by atoms with van der Waals surface area (Å²) in [5.41, 5.74) is 1.59. The van der Waals surface area contributed by atoms with Crippen LogP contribution in [0.2, 0.25) is 10.0 Å². The number of hydrogen-bond acceptors (Lipinski definition) is 3. The number of benzene rings is 1. The fraction of sp³-hybridized carbons (Fsp3) is 0.412. The van der Waals surface area contributed by atoms with E-state index in [9.17, 15) is 9.59 Å². The molecule has 23 heavy (non-hydrogen) atoms. The molecule has 0 amide bonds. The molecule has 1 aliphatic rings. The molecule has 122 valence electrons. The lowest BCUT2D eigenvalue weighted by Crippen LogP contribution is -2.24. The average molecular weight is 354 g/mol. The van der Waals surface area contributed by atoms with Gasteiger partial charge in [-0.25, -0.2) is 0 Å². The summed E-state index contributed by atoms with van der Waals surface area (Å²) in [5, 5.41) is 1.82. The number of Topliss-reactive ketones (excluding diaryl/α,β-unsaturated/α-hetero) is 1. The highest BCUT2D eigenvalue weighted by atomic mass is 35.5. The number of ketones is 1. The quantitative estimate of drug-likeness (QED) is 0.739. The van der Waals surface area contributed by atoms with Crippen molar-refractivity contribution in [3.05, 3.63) is 33.4 Å². The van der Waals surface area contributed by atoms with Crippen molar-refractivity contribution in [1.29, 1.82) is 0 Å². The van der Waals surface area contributed by atoms with Gasteiger partial charge in [0.2, 0.25) is 0 Å². The van der Waals surface area contributed by atoms with Gasteiger partial charge in [0.05, 0.1) is 21.6 Å². The van der Waals surface area contributed by atoms with Crippen LogP contribution in [0.15, 0.2) is 12.1 Å². The maximum Gasteiger partial charge on any atom is 0.312 e. The Bertz CT molecular complexity index is 831. The highest BCUT2D eigenvalue weighted by Crippen LogP contribution is 2.38. The summed E-state index contributed by atoms with van der Waals surface area (Å²) < 4.78 is 7.09. The molecular formula is C17H17Cl2NO3. The second-order valence-corrected chi connectivity index (χ2v) is 7.62. The van der Waals surface area contributed by atoms with Crippen molar-refractivity contribution in [3.8, 4) is 0 Å². The number of aryl methyl sites for hydroxylation is 1. The monoisotopic (exact) mass is 353 g/mol. The number of esters is 1. The summed E-state index contributed by atoms with van der Waals surface area (Å²) in [6.45, 7) is 5.32. The number of ether oxygens (including phenoxy) is 1. The first kappa shape index (κ1) is 16.3. The number of aromatic nitrogens is 1. The Morgan fingerprint density at radius 3 is 2.61 bits per heavy atom. The molecule has 1 aliphatic carbocycles. The van der Waals surface area contributed by atoms with Crippen LogP contribution in [0.3, 0.4) is 0 Å². The summed E-state index contributed by atoms with van der Waals surface area (Å²) >= 11 is 12.4. The van der Waals surface area contributed by atoms with Gasteiger partial charge in [-0.2, -0.15) is 0 Å². The Kier molecular flexibility index (Phi) is 3.93. The molecule has 0 N–H and O–H groups in total. The highest BCUT2D eigenvalue weighted by Gasteiger charge is 2.30. The Morgan fingerprint density at radius 2 is 1.96 bits per heavy atom. The number of halogens is 2. The molecule has 1 aromatic carbocycles. The van der Waals surface area contributed by atoms with Crippen molar-refractivity contribution in [3.63, 3.8) is 0 Å². The molecule has 2 aromatic rings. The lowest BCUT2D eigenvalue weighted by molar-refractivity contribution is -0.156. The van der Waals surface area contributed by atoms with Crippen LogP contribution in [-0.4, -0.2) is 16.3 Å². The first-order chi connectivity index (χ1) is 10.7. The Hall–Kier alpha value is -1.52. The second-order valence-electron chi connectivity index (χ2n) is 6.77. The van der Waals surface area contributed by atoms with E-state index in [1.807, 2.05) is 6.07 Å². The molecule has 0 saturated heterocycles. The average Bonchev–Trinajstić information content (AvgIpc) is 2.95. The molecule has 0 spiro atoms. The normalized spacial score (nSPS) is 14.4. The van der Waals surface area contributed by atoms with E-state index in [1.54, 1.807) is 31.4 Å². The molecule has 0 bridgehead atoms. The summed E-state index contributed by atoms with van der Waals surface area (Å²) in [6, 6.07) is 3.44. The fourth-order valence-electron chi connectivity index (χ4n) is 2.87. The Balaban J connectivity index is 2.11. The van der Waals surface area contributed by atoms with E-state index in [2.05, 4.69) is 0 Å². The van der Waals surface area contributed by atoms with E-state index in [-0.39, 0.29) is 18.5 Å². The van der Waals surface area contributed by atoms with Crippen LogP contribution >= 0.6 is 23.2 Å².